The molecule has 10 nitrogen and oxygen atoms in total. The maximum Gasteiger partial charge on any atom is 0.251 e. The fourth-order valence-corrected chi connectivity index (χ4v) is 5.53. The van der Waals surface area contributed by atoms with E-state index in [0.717, 1.165) is 22.3 Å². The number of benzene rings is 2. The number of nitrogens with one attached hydrogen (secondary N) is 2. The molecule has 2 aliphatic rings. The van der Waals surface area contributed by atoms with Crippen molar-refractivity contribution in [2.24, 2.45) is 0 Å². The van der Waals surface area contributed by atoms with E-state index in [2.05, 4.69) is 15.7 Å². The Balaban J connectivity index is 1.20. The van der Waals surface area contributed by atoms with Gasteiger partial charge in [-0.1, -0.05) is 12.1 Å². The maximum atomic E-state index is 13.5. The molecule has 0 spiro atoms. The van der Waals surface area contributed by atoms with Crippen molar-refractivity contribution in [2.75, 3.05) is 12.8 Å². The summed E-state index contributed by atoms with van der Waals surface area (Å²) in [4.78, 5) is 28.1. The van der Waals surface area contributed by atoms with Gasteiger partial charge in [0.1, 0.15) is 11.9 Å². The molecule has 2 N–H and O–H groups in total. The molecule has 1 fully saturated rings. The van der Waals surface area contributed by atoms with E-state index in [1.807, 2.05) is 6.07 Å². The summed E-state index contributed by atoms with van der Waals surface area (Å²) < 4.78 is 37.7. The van der Waals surface area contributed by atoms with Crippen LogP contribution in [0.4, 0.5) is 4.39 Å². The van der Waals surface area contributed by atoms with Crippen molar-refractivity contribution in [1.82, 2.24) is 24.7 Å². The van der Waals surface area contributed by atoms with Crippen LogP contribution >= 0.6 is 0 Å². The second kappa shape index (κ2) is 11.2. The summed E-state index contributed by atoms with van der Waals surface area (Å²) in [6.07, 6.45) is 4.44. The van der Waals surface area contributed by atoms with Crippen molar-refractivity contribution in [3.05, 3.63) is 88.5 Å². The van der Waals surface area contributed by atoms with Crippen LogP contribution in [-0.2, 0) is 27.9 Å². The summed E-state index contributed by atoms with van der Waals surface area (Å²) in [5.41, 5.74) is 3.02. The second-order valence-corrected chi connectivity index (χ2v) is 12.1. The number of aromatic nitrogens is 2. The Labute approximate surface area is 231 Å². The molecular formula is C28H29FN6O4S. The van der Waals surface area contributed by atoms with Gasteiger partial charge in [0.2, 0.25) is 5.91 Å². The summed E-state index contributed by atoms with van der Waals surface area (Å²) in [7, 11) is -3.53. The SMILES string of the molecule is CS(=O)(=O)n1cc2c(n1)CN(C(=O)[C@H](CCCN[C@@H]1C[C@H]1c1ccc(F)cc1)NC(=O)c1ccc(C#N)cc1)C2. The highest BCUT2D eigenvalue weighted by Gasteiger charge is 2.38. The number of rotatable bonds is 10. The Morgan fingerprint density at radius 1 is 1.15 bits per heavy atom. The minimum atomic E-state index is -3.53. The third-order valence-corrected chi connectivity index (χ3v) is 8.12. The average Bonchev–Trinajstić information content (AvgIpc) is 3.40. The van der Waals surface area contributed by atoms with E-state index >= 15 is 0 Å². The van der Waals surface area contributed by atoms with Crippen molar-refractivity contribution < 1.29 is 22.4 Å². The van der Waals surface area contributed by atoms with Crippen molar-refractivity contribution >= 4 is 21.8 Å². The largest absolute Gasteiger partial charge is 0.340 e. The molecule has 3 aromatic rings. The molecule has 3 atom stereocenters. The van der Waals surface area contributed by atoms with E-state index in [1.54, 1.807) is 41.3 Å². The number of hydrogen-bond donors (Lipinski definition) is 2. The van der Waals surface area contributed by atoms with Crippen molar-refractivity contribution in [1.29, 1.82) is 5.26 Å². The fourth-order valence-electron chi connectivity index (χ4n) is 4.96. The van der Waals surface area contributed by atoms with E-state index in [4.69, 9.17) is 5.26 Å². The van der Waals surface area contributed by atoms with Gasteiger partial charge in [-0.2, -0.15) is 14.4 Å². The van der Waals surface area contributed by atoms with Gasteiger partial charge in [-0.3, -0.25) is 9.59 Å². The van der Waals surface area contributed by atoms with Crippen LogP contribution in [0.25, 0.3) is 0 Å². The molecule has 1 saturated carbocycles. The summed E-state index contributed by atoms with van der Waals surface area (Å²) in [6, 6.07) is 14.2. The topological polar surface area (TPSA) is 137 Å². The summed E-state index contributed by atoms with van der Waals surface area (Å²) >= 11 is 0. The van der Waals surface area contributed by atoms with Gasteiger partial charge in [-0.05, 0) is 67.8 Å². The van der Waals surface area contributed by atoms with Gasteiger partial charge in [-0.25, -0.2) is 12.8 Å². The van der Waals surface area contributed by atoms with Gasteiger partial charge in [-0.15, -0.1) is 0 Å². The van der Waals surface area contributed by atoms with E-state index in [0.29, 0.717) is 47.7 Å². The van der Waals surface area contributed by atoms with Crippen LogP contribution in [-0.4, -0.2) is 59.2 Å². The number of amides is 2. The third kappa shape index (κ3) is 6.21. The molecule has 5 rings (SSSR count). The van der Waals surface area contributed by atoms with Crippen molar-refractivity contribution in [3.8, 4) is 6.07 Å². The monoisotopic (exact) mass is 564 g/mol. The Morgan fingerprint density at radius 3 is 2.52 bits per heavy atom. The predicted molar refractivity (Wildman–Crippen MR) is 144 cm³/mol. The highest BCUT2D eigenvalue weighted by atomic mass is 32.2. The first-order valence-corrected chi connectivity index (χ1v) is 14.8. The number of nitrogens with zero attached hydrogens (tertiary/aromatic N) is 4. The minimum Gasteiger partial charge on any atom is -0.340 e. The summed E-state index contributed by atoms with van der Waals surface area (Å²) in [6.45, 7) is 0.992. The van der Waals surface area contributed by atoms with Crippen LogP contribution in [0.3, 0.4) is 0 Å². The fraction of sp³-hybridized carbons (Fsp3) is 0.357. The van der Waals surface area contributed by atoms with Crippen LogP contribution < -0.4 is 10.6 Å². The van der Waals surface area contributed by atoms with Gasteiger partial charge in [0.15, 0.2) is 0 Å². The molecule has 208 valence electrons. The zero-order chi connectivity index (χ0) is 28.4. The summed E-state index contributed by atoms with van der Waals surface area (Å²) in [5, 5.41) is 19.5. The quantitative estimate of drug-likeness (QED) is 0.361. The second-order valence-electron chi connectivity index (χ2n) is 10.2. The molecule has 2 amide bonds. The van der Waals surface area contributed by atoms with Gasteiger partial charge in [0.25, 0.3) is 15.9 Å². The molecule has 0 radical (unpaired) electrons. The van der Waals surface area contributed by atoms with Gasteiger partial charge in [0, 0.05) is 35.8 Å². The Kier molecular flexibility index (Phi) is 7.69. The minimum absolute atomic E-state index is 0.152. The molecule has 1 aromatic heterocycles. The molecule has 0 bridgehead atoms. The lowest BCUT2D eigenvalue weighted by atomic mass is 10.1. The number of carbonyl (C=O) groups is 2. The summed E-state index contributed by atoms with van der Waals surface area (Å²) in [5.74, 6) is -0.626. The van der Waals surface area contributed by atoms with E-state index in [9.17, 15) is 22.4 Å². The predicted octanol–water partition coefficient (Wildman–Crippen LogP) is 2.27. The Hall–Kier alpha value is -4.08. The van der Waals surface area contributed by atoms with E-state index < -0.39 is 22.0 Å². The first kappa shape index (κ1) is 27.5. The van der Waals surface area contributed by atoms with Gasteiger partial charge in [0.05, 0.1) is 30.1 Å². The highest BCUT2D eigenvalue weighted by Crippen LogP contribution is 2.40. The Morgan fingerprint density at radius 2 is 1.88 bits per heavy atom. The first-order valence-electron chi connectivity index (χ1n) is 13.0. The number of nitriles is 1. The van der Waals surface area contributed by atoms with Crippen LogP contribution in [0, 0.1) is 17.1 Å². The Bertz CT molecular complexity index is 1540. The number of carbonyl (C=O) groups excluding carboxylic acids is 2. The smallest absolute Gasteiger partial charge is 0.251 e. The van der Waals surface area contributed by atoms with Gasteiger partial charge >= 0.3 is 0 Å². The van der Waals surface area contributed by atoms with E-state index in [-0.39, 0.29) is 30.9 Å². The molecule has 2 heterocycles. The van der Waals surface area contributed by atoms with Crippen LogP contribution in [0.5, 0.6) is 0 Å². The molecule has 1 aliphatic carbocycles. The molecule has 0 saturated heterocycles. The zero-order valence-corrected chi connectivity index (χ0v) is 22.7. The number of hydrogen-bond acceptors (Lipinski definition) is 7. The third-order valence-electron chi connectivity index (χ3n) is 7.25. The molecule has 1 aliphatic heterocycles. The van der Waals surface area contributed by atoms with Crippen LogP contribution in [0.1, 0.15) is 57.9 Å². The molecule has 12 heteroatoms. The van der Waals surface area contributed by atoms with E-state index in [1.165, 1.54) is 18.3 Å². The van der Waals surface area contributed by atoms with Gasteiger partial charge < -0.3 is 15.5 Å². The number of fused-ring (bicyclic) bond motifs is 1. The molecule has 40 heavy (non-hydrogen) atoms. The average molecular weight is 565 g/mol. The molecule has 2 aromatic carbocycles. The zero-order valence-electron chi connectivity index (χ0n) is 21.9. The standard InChI is InChI=1S/C28H29FN6O4S/c1-40(38,39)35-16-21-15-34(17-26(21)33-35)28(37)24(32-27(36)20-6-4-18(14-30)5-7-20)3-2-12-31-25-13-23(25)19-8-10-22(29)11-9-19/h4-11,16,23-25,31H,2-3,12-13,15,17H2,1H3,(H,32,36)/t23-,24-,25+/m0/s1. The lowest BCUT2D eigenvalue weighted by Crippen LogP contribution is -2.47. The lowest BCUT2D eigenvalue weighted by molar-refractivity contribution is -0.134. The highest BCUT2D eigenvalue weighted by molar-refractivity contribution is 7.89. The van der Waals surface area contributed by atoms with Crippen LogP contribution in [0.15, 0.2) is 54.7 Å². The first-order chi connectivity index (χ1) is 19.1. The molecule has 0 unspecified atom stereocenters. The van der Waals surface area contributed by atoms with Crippen molar-refractivity contribution in [3.63, 3.8) is 0 Å². The normalized spacial score (nSPS) is 18.6. The van der Waals surface area contributed by atoms with Crippen LogP contribution in [0.2, 0.25) is 0 Å². The lowest BCUT2D eigenvalue weighted by Gasteiger charge is -2.24. The maximum absolute atomic E-state index is 13.5. The molecular weight excluding hydrogens is 535 g/mol. The van der Waals surface area contributed by atoms with Crippen molar-refractivity contribution in [2.45, 2.75) is 50.4 Å². The number of halogens is 1.